The number of hydrogen-bond donors (Lipinski definition) is 1. The topological polar surface area (TPSA) is 29.3 Å². The molecule has 0 aromatic rings. The molecule has 2 nitrogen and oxygen atoms in total. The molecule has 0 aliphatic carbocycles. The molecule has 0 spiro atoms. The molecule has 0 aliphatic rings. The van der Waals surface area contributed by atoms with E-state index >= 15 is 0 Å². The fourth-order valence-electron chi connectivity index (χ4n) is 1.77. The van der Waals surface area contributed by atoms with Gasteiger partial charge in [-0.1, -0.05) is 41.5 Å². The lowest BCUT2D eigenvalue weighted by atomic mass is 10.1. The van der Waals surface area contributed by atoms with Gasteiger partial charge in [-0.3, -0.25) is 0 Å². The second kappa shape index (κ2) is 10.4. The van der Waals surface area contributed by atoms with Crippen LogP contribution in [0.1, 0.15) is 41.5 Å². The smallest absolute Gasteiger partial charge is 0.000461 e. The minimum absolute atomic E-state index is 0.789. The van der Waals surface area contributed by atoms with Crippen molar-refractivity contribution in [3.8, 4) is 0 Å². The van der Waals surface area contributed by atoms with Gasteiger partial charge in [0.2, 0.25) is 0 Å². The summed E-state index contributed by atoms with van der Waals surface area (Å²) in [6.07, 6.45) is 0. The molecule has 0 heterocycles. The maximum atomic E-state index is 4.50. The molecule has 15 heavy (non-hydrogen) atoms. The van der Waals surface area contributed by atoms with Gasteiger partial charge in [0.15, 0.2) is 0 Å². The van der Waals surface area contributed by atoms with Gasteiger partial charge in [0.1, 0.15) is 0 Å². The van der Waals surface area contributed by atoms with E-state index in [0.717, 1.165) is 17.8 Å². The van der Waals surface area contributed by atoms with E-state index in [9.17, 15) is 0 Å². The van der Waals surface area contributed by atoms with E-state index in [0.29, 0.717) is 0 Å². The molecule has 0 aliphatic heterocycles. The third-order valence-electron chi connectivity index (χ3n) is 1.87. The average molecular weight is 216 g/mol. The van der Waals surface area contributed by atoms with E-state index in [1.807, 2.05) is 0 Å². The highest BCUT2D eigenvalue weighted by Crippen LogP contribution is 2.06. The SMILES string of the molecule is CC(C)CN(CC(C)C)CC(C)C.CN. The first-order chi connectivity index (χ1) is 6.91. The number of rotatable bonds is 6. The summed E-state index contributed by atoms with van der Waals surface area (Å²) < 4.78 is 0. The van der Waals surface area contributed by atoms with Gasteiger partial charge in [0.25, 0.3) is 0 Å². The molecule has 0 rings (SSSR count). The molecule has 0 aromatic heterocycles. The molecule has 0 saturated heterocycles. The normalized spacial score (nSPS) is 11.2. The first-order valence-electron chi connectivity index (χ1n) is 6.21. The lowest BCUT2D eigenvalue weighted by Crippen LogP contribution is -2.34. The third kappa shape index (κ3) is 13.9. The number of hydrogen-bond acceptors (Lipinski definition) is 2. The Morgan fingerprint density at radius 1 is 0.667 bits per heavy atom. The van der Waals surface area contributed by atoms with Crippen LogP contribution in [0.3, 0.4) is 0 Å². The quantitative estimate of drug-likeness (QED) is 0.740. The van der Waals surface area contributed by atoms with Crippen LogP contribution >= 0.6 is 0 Å². The van der Waals surface area contributed by atoms with Crippen molar-refractivity contribution in [3.63, 3.8) is 0 Å². The van der Waals surface area contributed by atoms with Crippen molar-refractivity contribution in [1.29, 1.82) is 0 Å². The Hall–Kier alpha value is -0.0800. The summed E-state index contributed by atoms with van der Waals surface area (Å²) >= 11 is 0. The van der Waals surface area contributed by atoms with Crippen LogP contribution in [0.15, 0.2) is 0 Å². The van der Waals surface area contributed by atoms with Crippen LogP contribution in [-0.4, -0.2) is 31.6 Å². The van der Waals surface area contributed by atoms with Crippen LogP contribution < -0.4 is 5.73 Å². The average Bonchev–Trinajstić information content (AvgIpc) is 2.03. The highest BCUT2D eigenvalue weighted by atomic mass is 15.1. The highest BCUT2D eigenvalue weighted by Gasteiger charge is 2.10. The fourth-order valence-corrected chi connectivity index (χ4v) is 1.77. The van der Waals surface area contributed by atoms with Gasteiger partial charge >= 0.3 is 0 Å². The molecule has 0 saturated carbocycles. The Bertz CT molecular complexity index is 95.9. The lowest BCUT2D eigenvalue weighted by molar-refractivity contribution is 0.198. The predicted molar refractivity (Wildman–Crippen MR) is 71.1 cm³/mol. The molecular weight excluding hydrogens is 184 g/mol. The zero-order valence-corrected chi connectivity index (χ0v) is 11.9. The van der Waals surface area contributed by atoms with Gasteiger partial charge < -0.3 is 10.6 Å². The first-order valence-corrected chi connectivity index (χ1v) is 6.21. The van der Waals surface area contributed by atoms with E-state index in [1.165, 1.54) is 26.7 Å². The minimum Gasteiger partial charge on any atom is -0.333 e. The van der Waals surface area contributed by atoms with Crippen molar-refractivity contribution in [2.75, 3.05) is 26.7 Å². The Morgan fingerprint density at radius 2 is 0.867 bits per heavy atom. The van der Waals surface area contributed by atoms with Gasteiger partial charge in [-0.2, -0.15) is 0 Å². The van der Waals surface area contributed by atoms with Crippen LogP contribution in [-0.2, 0) is 0 Å². The van der Waals surface area contributed by atoms with Gasteiger partial charge in [0, 0.05) is 19.6 Å². The summed E-state index contributed by atoms with van der Waals surface area (Å²) in [6.45, 7) is 17.5. The number of nitrogens with two attached hydrogens (primary N) is 1. The molecule has 0 unspecified atom stereocenters. The standard InChI is InChI=1S/C12H27N.CH5N/c1-10(2)7-13(8-11(3)4)9-12(5)6;1-2/h10-12H,7-9H2,1-6H3;2H2,1H3. The largest absolute Gasteiger partial charge is 0.333 e. The van der Waals surface area contributed by atoms with E-state index < -0.39 is 0 Å². The van der Waals surface area contributed by atoms with Crippen molar-refractivity contribution in [2.45, 2.75) is 41.5 Å². The summed E-state index contributed by atoms with van der Waals surface area (Å²) in [5.74, 6) is 2.37. The van der Waals surface area contributed by atoms with Crippen LogP contribution in [0.4, 0.5) is 0 Å². The van der Waals surface area contributed by atoms with Gasteiger partial charge in [0.05, 0.1) is 0 Å². The van der Waals surface area contributed by atoms with Gasteiger partial charge in [-0.05, 0) is 24.8 Å². The predicted octanol–water partition coefficient (Wildman–Crippen LogP) is 2.83. The molecule has 0 fully saturated rings. The molecule has 0 bridgehead atoms. The van der Waals surface area contributed by atoms with Gasteiger partial charge in [-0.15, -0.1) is 0 Å². The monoisotopic (exact) mass is 216 g/mol. The molecule has 2 N–H and O–H groups in total. The van der Waals surface area contributed by atoms with Crippen molar-refractivity contribution in [2.24, 2.45) is 23.5 Å². The van der Waals surface area contributed by atoms with E-state index in [2.05, 4.69) is 52.2 Å². The Labute approximate surface area is 97.2 Å². The second-order valence-corrected chi connectivity index (χ2v) is 5.40. The fraction of sp³-hybridized carbons (Fsp3) is 1.00. The zero-order chi connectivity index (χ0) is 12.4. The van der Waals surface area contributed by atoms with Crippen molar-refractivity contribution in [1.82, 2.24) is 4.90 Å². The summed E-state index contributed by atoms with van der Waals surface area (Å²) in [7, 11) is 1.50. The van der Waals surface area contributed by atoms with E-state index in [1.54, 1.807) is 0 Å². The zero-order valence-electron chi connectivity index (χ0n) is 11.9. The van der Waals surface area contributed by atoms with Crippen LogP contribution in [0.25, 0.3) is 0 Å². The minimum atomic E-state index is 0.789. The molecule has 2 heteroatoms. The summed E-state index contributed by atoms with van der Waals surface area (Å²) in [6, 6.07) is 0. The second-order valence-electron chi connectivity index (χ2n) is 5.40. The van der Waals surface area contributed by atoms with Crippen LogP contribution in [0.5, 0.6) is 0 Å². The lowest BCUT2D eigenvalue weighted by Gasteiger charge is -2.27. The number of nitrogens with zero attached hydrogens (tertiary/aromatic N) is 1. The maximum Gasteiger partial charge on any atom is 0.000461 e. The maximum absolute atomic E-state index is 4.50. The first kappa shape index (κ1) is 17.3. The van der Waals surface area contributed by atoms with Crippen LogP contribution in [0, 0.1) is 17.8 Å². The molecule has 0 aromatic carbocycles. The van der Waals surface area contributed by atoms with E-state index in [-0.39, 0.29) is 0 Å². The summed E-state index contributed by atoms with van der Waals surface area (Å²) in [5, 5.41) is 0. The highest BCUT2D eigenvalue weighted by molar-refractivity contribution is 4.64. The molecule has 94 valence electrons. The van der Waals surface area contributed by atoms with Crippen molar-refractivity contribution >= 4 is 0 Å². The third-order valence-corrected chi connectivity index (χ3v) is 1.87. The Balaban J connectivity index is 0. The van der Waals surface area contributed by atoms with Crippen LogP contribution in [0.2, 0.25) is 0 Å². The van der Waals surface area contributed by atoms with Gasteiger partial charge in [-0.25, -0.2) is 0 Å². The molecule has 0 radical (unpaired) electrons. The summed E-state index contributed by atoms with van der Waals surface area (Å²) in [5.41, 5.74) is 4.50. The molecular formula is C13H32N2. The van der Waals surface area contributed by atoms with Crippen molar-refractivity contribution < 1.29 is 0 Å². The van der Waals surface area contributed by atoms with E-state index in [4.69, 9.17) is 0 Å². The Morgan fingerprint density at radius 3 is 1.00 bits per heavy atom. The van der Waals surface area contributed by atoms with Crippen molar-refractivity contribution in [3.05, 3.63) is 0 Å². The molecule has 0 amide bonds. The molecule has 0 atom stereocenters. The Kier molecular flexibility index (Phi) is 12.1. The summed E-state index contributed by atoms with van der Waals surface area (Å²) in [4.78, 5) is 2.60.